The number of ketones is 1. The third-order valence-corrected chi connectivity index (χ3v) is 4.51. The lowest BCUT2D eigenvalue weighted by molar-refractivity contribution is -0.142. The highest BCUT2D eigenvalue weighted by atomic mass is 16.4. The number of aliphatic carboxylic acids is 1. The van der Waals surface area contributed by atoms with Gasteiger partial charge >= 0.3 is 5.97 Å². The van der Waals surface area contributed by atoms with E-state index in [-0.39, 0.29) is 12.3 Å². The van der Waals surface area contributed by atoms with Gasteiger partial charge in [-0.15, -0.1) is 0 Å². The molecule has 1 unspecified atom stereocenters. The van der Waals surface area contributed by atoms with Crippen molar-refractivity contribution in [3.63, 3.8) is 0 Å². The number of hydrogen-bond donors (Lipinski definition) is 2. The van der Waals surface area contributed by atoms with Gasteiger partial charge in [0.05, 0.1) is 18.6 Å². The van der Waals surface area contributed by atoms with E-state index >= 15 is 0 Å². The average Bonchev–Trinajstić information content (AvgIpc) is 2.95. The molecule has 2 heterocycles. The zero-order chi connectivity index (χ0) is 18.4. The molecule has 0 bridgehead atoms. The fourth-order valence-corrected chi connectivity index (χ4v) is 3.14. The van der Waals surface area contributed by atoms with Crippen LogP contribution < -0.4 is 5.32 Å². The van der Waals surface area contributed by atoms with Gasteiger partial charge in [-0.25, -0.2) is 4.98 Å². The van der Waals surface area contributed by atoms with Crippen molar-refractivity contribution in [2.75, 3.05) is 11.9 Å². The lowest BCUT2D eigenvalue weighted by Crippen LogP contribution is -2.17. The molecule has 7 heteroatoms. The van der Waals surface area contributed by atoms with E-state index in [1.807, 2.05) is 34.9 Å². The van der Waals surface area contributed by atoms with Gasteiger partial charge in [0, 0.05) is 6.54 Å². The molecule has 0 saturated heterocycles. The van der Waals surface area contributed by atoms with E-state index in [1.54, 1.807) is 6.33 Å². The van der Waals surface area contributed by atoms with Gasteiger partial charge in [0.25, 0.3) is 0 Å². The fraction of sp³-hybridized carbons (Fsp3) is 0.368. The molecular formula is C19H22N4O3. The van der Waals surface area contributed by atoms with Crippen LogP contribution in [0.4, 0.5) is 5.82 Å². The maximum absolute atomic E-state index is 12.1. The van der Waals surface area contributed by atoms with Gasteiger partial charge in [-0.2, -0.15) is 0 Å². The number of anilines is 1. The molecule has 0 radical (unpaired) electrons. The minimum absolute atomic E-state index is 0.0637. The summed E-state index contributed by atoms with van der Waals surface area (Å²) in [5.41, 5.74) is 1.58. The molecule has 1 aliphatic rings. The summed E-state index contributed by atoms with van der Waals surface area (Å²) >= 11 is 0. The molecule has 136 valence electrons. The van der Waals surface area contributed by atoms with Crippen LogP contribution >= 0.6 is 0 Å². The van der Waals surface area contributed by atoms with Gasteiger partial charge in [-0.1, -0.05) is 36.8 Å². The maximum atomic E-state index is 12.1. The minimum atomic E-state index is -0.762. The number of unbranched alkanes of at least 4 members (excludes halogenated alkanes) is 1. The number of nitrogens with one attached hydrogen (secondary N) is 1. The Morgan fingerprint density at radius 1 is 1.27 bits per heavy atom. The number of aromatic nitrogens is 2. The number of benzene rings is 1. The molecule has 1 atom stereocenters. The zero-order valence-electron chi connectivity index (χ0n) is 14.5. The summed E-state index contributed by atoms with van der Waals surface area (Å²) in [4.78, 5) is 31.8. The van der Waals surface area contributed by atoms with Crippen LogP contribution in [0.3, 0.4) is 0 Å². The van der Waals surface area contributed by atoms with Gasteiger partial charge in [0.1, 0.15) is 12.2 Å². The van der Waals surface area contributed by atoms with Crippen LogP contribution in [-0.2, 0) is 17.8 Å². The van der Waals surface area contributed by atoms with Crippen molar-refractivity contribution in [2.24, 2.45) is 10.9 Å². The van der Waals surface area contributed by atoms with Gasteiger partial charge in [0.15, 0.2) is 5.82 Å². The smallest absolute Gasteiger partial charge is 0.306 e. The van der Waals surface area contributed by atoms with Crippen molar-refractivity contribution < 1.29 is 14.7 Å². The predicted octanol–water partition coefficient (Wildman–Crippen LogP) is 2.63. The second kappa shape index (κ2) is 8.42. The largest absolute Gasteiger partial charge is 0.481 e. The third-order valence-electron chi connectivity index (χ3n) is 4.51. The molecule has 26 heavy (non-hydrogen) atoms. The Morgan fingerprint density at radius 3 is 2.85 bits per heavy atom. The van der Waals surface area contributed by atoms with Crippen molar-refractivity contribution in [1.29, 1.82) is 0 Å². The summed E-state index contributed by atoms with van der Waals surface area (Å²) in [6, 6.07) is 9.69. The molecule has 0 saturated carbocycles. The first kappa shape index (κ1) is 17.8. The summed E-state index contributed by atoms with van der Waals surface area (Å²) in [7, 11) is 0. The third kappa shape index (κ3) is 4.36. The summed E-state index contributed by atoms with van der Waals surface area (Å²) in [5, 5.41) is 12.4. The first-order chi connectivity index (χ1) is 12.6. The molecular weight excluding hydrogens is 332 g/mol. The number of aryl methyl sites for hydroxylation is 1. The van der Waals surface area contributed by atoms with E-state index in [0.717, 1.165) is 18.4 Å². The zero-order valence-corrected chi connectivity index (χ0v) is 14.5. The quantitative estimate of drug-likeness (QED) is 0.710. The number of nitrogens with zero attached hydrogens (tertiary/aromatic N) is 3. The molecule has 0 fully saturated rings. The predicted molar refractivity (Wildman–Crippen MR) is 98.7 cm³/mol. The molecule has 1 aromatic carbocycles. The number of carboxylic acid groups (broad SMARTS) is 1. The van der Waals surface area contributed by atoms with Crippen LogP contribution in [0, 0.1) is 5.92 Å². The Morgan fingerprint density at radius 2 is 2.08 bits per heavy atom. The van der Waals surface area contributed by atoms with Crippen LogP contribution in [-0.4, -0.2) is 39.3 Å². The van der Waals surface area contributed by atoms with Crippen LogP contribution in [0.2, 0.25) is 0 Å². The summed E-state index contributed by atoms with van der Waals surface area (Å²) in [6.45, 7) is 0.747. The van der Waals surface area contributed by atoms with E-state index < -0.39 is 11.9 Å². The average molecular weight is 354 g/mol. The van der Waals surface area contributed by atoms with Crippen molar-refractivity contribution in [3.8, 4) is 0 Å². The van der Waals surface area contributed by atoms with E-state index in [2.05, 4.69) is 15.3 Å². The first-order valence-electron chi connectivity index (χ1n) is 8.75. The maximum Gasteiger partial charge on any atom is 0.306 e. The lowest BCUT2D eigenvalue weighted by atomic mass is 9.94. The van der Waals surface area contributed by atoms with E-state index in [1.165, 1.54) is 6.34 Å². The molecule has 0 spiro atoms. The fourth-order valence-electron chi connectivity index (χ4n) is 3.14. The second-order valence-electron chi connectivity index (χ2n) is 6.39. The minimum Gasteiger partial charge on any atom is -0.481 e. The van der Waals surface area contributed by atoms with E-state index in [4.69, 9.17) is 0 Å². The highest BCUT2D eigenvalue weighted by Gasteiger charge is 2.20. The Hall–Kier alpha value is -2.96. The standard InChI is InChI=1S/C19H22N4O3/c24-16-11-20-12-21-18-17(16)23(13-22-18)9-5-4-8-15(19(25)26)10-14-6-2-1-3-7-14/h1-3,6-7,12-13,15H,4-5,8-11H2,(H,20,21)(H,25,26). The summed E-state index contributed by atoms with van der Waals surface area (Å²) in [5.74, 6) is -0.689. The lowest BCUT2D eigenvalue weighted by Gasteiger charge is -2.13. The number of fused-ring (bicyclic) bond motifs is 1. The summed E-state index contributed by atoms with van der Waals surface area (Å²) in [6.07, 6.45) is 5.84. The molecule has 0 amide bonds. The van der Waals surface area contributed by atoms with Crippen molar-refractivity contribution in [3.05, 3.63) is 47.9 Å². The normalized spacial score (nSPS) is 14.4. The number of hydrogen-bond acceptors (Lipinski definition) is 5. The Kier molecular flexibility index (Phi) is 5.78. The molecule has 3 rings (SSSR count). The number of carbonyl (C=O) groups is 2. The molecule has 2 N–H and O–H groups in total. The van der Waals surface area contributed by atoms with Gasteiger partial charge in [0.2, 0.25) is 5.78 Å². The number of carbonyl (C=O) groups excluding carboxylic acids is 1. The van der Waals surface area contributed by atoms with Crippen LogP contribution in [0.15, 0.2) is 41.7 Å². The summed E-state index contributed by atoms with van der Waals surface area (Å²) < 4.78 is 1.83. The molecule has 1 aliphatic heterocycles. The Labute approximate surface area is 151 Å². The highest BCUT2D eigenvalue weighted by molar-refractivity contribution is 6.04. The Bertz CT molecular complexity index is 798. The highest BCUT2D eigenvalue weighted by Crippen LogP contribution is 2.19. The number of Topliss-reactive ketones (excluding diaryl/α,β-unsaturated/α-hetero) is 1. The molecule has 2 aromatic rings. The van der Waals surface area contributed by atoms with Crippen LogP contribution in [0.25, 0.3) is 0 Å². The van der Waals surface area contributed by atoms with Gasteiger partial charge in [-0.3, -0.25) is 14.6 Å². The molecule has 0 aliphatic carbocycles. The Balaban J connectivity index is 1.53. The van der Waals surface area contributed by atoms with Gasteiger partial charge in [-0.05, 0) is 24.8 Å². The second-order valence-corrected chi connectivity index (χ2v) is 6.39. The van der Waals surface area contributed by atoms with Crippen LogP contribution in [0.5, 0.6) is 0 Å². The van der Waals surface area contributed by atoms with E-state index in [9.17, 15) is 14.7 Å². The van der Waals surface area contributed by atoms with Crippen molar-refractivity contribution in [2.45, 2.75) is 32.2 Å². The molecule has 7 nitrogen and oxygen atoms in total. The van der Waals surface area contributed by atoms with Crippen molar-refractivity contribution >= 4 is 23.9 Å². The number of rotatable bonds is 8. The number of aliphatic imine (C=N–C) groups is 1. The van der Waals surface area contributed by atoms with Crippen molar-refractivity contribution in [1.82, 2.24) is 9.55 Å². The molecule has 1 aromatic heterocycles. The van der Waals surface area contributed by atoms with Crippen LogP contribution in [0.1, 0.15) is 35.3 Å². The topological polar surface area (TPSA) is 96.6 Å². The SMILES string of the molecule is O=C1CN=CNc2ncn(CCCCC(Cc3ccccc3)C(=O)O)c21. The monoisotopic (exact) mass is 354 g/mol. The first-order valence-corrected chi connectivity index (χ1v) is 8.75. The number of imidazole rings is 1. The van der Waals surface area contributed by atoms with E-state index in [0.29, 0.717) is 30.9 Å². The number of carboxylic acids is 1. The van der Waals surface area contributed by atoms with Gasteiger partial charge < -0.3 is 15.0 Å².